The molecule has 2 atom stereocenters. The van der Waals surface area contributed by atoms with Gasteiger partial charge < -0.3 is 0 Å². The molecule has 0 spiro atoms. The maximum absolute atomic E-state index is 9.80. The molecule has 1 aromatic rings. The monoisotopic (exact) mass is 290 g/mol. The van der Waals surface area contributed by atoms with E-state index in [0.29, 0.717) is 6.42 Å². The summed E-state index contributed by atoms with van der Waals surface area (Å²) < 4.78 is 0. The van der Waals surface area contributed by atoms with E-state index in [2.05, 4.69) is 25.3 Å². The second-order valence-corrected chi connectivity index (χ2v) is 5.32. The van der Waals surface area contributed by atoms with Crippen molar-refractivity contribution in [2.45, 2.75) is 25.7 Å². The zero-order valence-electron chi connectivity index (χ0n) is 13.1. The Bertz CT molecular complexity index is 585. The van der Waals surface area contributed by atoms with Gasteiger partial charge in [-0.25, -0.2) is 0 Å². The van der Waals surface area contributed by atoms with Gasteiger partial charge in [-0.3, -0.25) is 0 Å². The van der Waals surface area contributed by atoms with Crippen LogP contribution in [-0.4, -0.2) is 0 Å². The van der Waals surface area contributed by atoms with Gasteiger partial charge in [-0.2, -0.15) is 10.5 Å². The van der Waals surface area contributed by atoms with Crippen LogP contribution in [0.25, 0.3) is 0 Å². The third-order valence-electron chi connectivity index (χ3n) is 3.97. The van der Waals surface area contributed by atoms with Crippen molar-refractivity contribution in [1.82, 2.24) is 0 Å². The van der Waals surface area contributed by atoms with E-state index in [-0.39, 0.29) is 11.8 Å². The Morgan fingerprint density at radius 3 is 2.27 bits per heavy atom. The molecule has 0 aliphatic carbocycles. The van der Waals surface area contributed by atoms with E-state index in [1.807, 2.05) is 49.4 Å². The normalized spacial score (nSPS) is 13.8. The quantitative estimate of drug-likeness (QED) is 0.622. The summed E-state index contributed by atoms with van der Waals surface area (Å²) in [5.41, 5.74) is -0.123. The Morgan fingerprint density at radius 2 is 1.77 bits per heavy atom. The summed E-state index contributed by atoms with van der Waals surface area (Å²) in [6, 6.07) is 14.3. The molecular weight excluding hydrogens is 268 g/mol. The zero-order chi connectivity index (χ0) is 16.4. The molecule has 2 unspecified atom stereocenters. The van der Waals surface area contributed by atoms with Crippen molar-refractivity contribution in [3.63, 3.8) is 0 Å². The second-order valence-electron chi connectivity index (χ2n) is 5.32. The number of nitrogens with zero attached hydrogens (tertiary/aromatic N) is 2. The van der Waals surface area contributed by atoms with Crippen molar-refractivity contribution in [3.05, 3.63) is 73.4 Å². The smallest absolute Gasteiger partial charge is 0.156 e. The van der Waals surface area contributed by atoms with E-state index in [1.54, 1.807) is 12.2 Å². The minimum Gasteiger partial charge on any atom is -0.197 e. The molecule has 0 heterocycles. The molecule has 0 aliphatic heterocycles. The number of hydrogen-bond donors (Lipinski definition) is 0. The highest BCUT2D eigenvalue weighted by Crippen LogP contribution is 2.44. The van der Waals surface area contributed by atoms with Crippen LogP contribution in [0.15, 0.2) is 67.8 Å². The van der Waals surface area contributed by atoms with Crippen LogP contribution in [0.2, 0.25) is 0 Å². The molecule has 112 valence electrons. The summed E-state index contributed by atoms with van der Waals surface area (Å²) in [5.74, 6) is -0.391. The Balaban J connectivity index is 3.30. The average Bonchev–Trinajstić information content (AvgIpc) is 2.56. The van der Waals surface area contributed by atoms with Gasteiger partial charge in [-0.05, 0) is 18.4 Å². The lowest BCUT2D eigenvalue weighted by molar-refractivity contribution is 0.327. The van der Waals surface area contributed by atoms with Gasteiger partial charge in [0.25, 0.3) is 0 Å². The number of hydrogen-bond acceptors (Lipinski definition) is 2. The lowest BCUT2D eigenvalue weighted by atomic mass is 9.65. The van der Waals surface area contributed by atoms with Crippen molar-refractivity contribution < 1.29 is 0 Å². The Labute approximate surface area is 133 Å². The number of rotatable bonds is 8. The van der Waals surface area contributed by atoms with Gasteiger partial charge in [0.1, 0.15) is 0 Å². The van der Waals surface area contributed by atoms with Gasteiger partial charge in [0.05, 0.1) is 12.1 Å². The van der Waals surface area contributed by atoms with E-state index < -0.39 is 5.41 Å². The largest absolute Gasteiger partial charge is 0.197 e. The Hall–Kier alpha value is -2.58. The topological polar surface area (TPSA) is 47.6 Å². The maximum atomic E-state index is 9.80. The minimum atomic E-state index is -1.12. The van der Waals surface area contributed by atoms with Crippen LogP contribution >= 0.6 is 0 Å². The first-order valence-electron chi connectivity index (χ1n) is 7.42. The summed E-state index contributed by atoms with van der Waals surface area (Å²) in [7, 11) is 0. The third-order valence-corrected chi connectivity index (χ3v) is 3.97. The van der Waals surface area contributed by atoms with Crippen LogP contribution < -0.4 is 0 Å². The molecule has 1 aromatic carbocycles. The van der Waals surface area contributed by atoms with Crippen molar-refractivity contribution in [2.75, 3.05) is 0 Å². The van der Waals surface area contributed by atoms with E-state index >= 15 is 0 Å². The SMILES string of the molecule is C=CC/C=C/C(C)C(C#N)(C#N)C(CC=C)c1ccccc1. The third kappa shape index (κ3) is 3.74. The second kappa shape index (κ2) is 8.65. The predicted octanol–water partition coefficient (Wildman–Crippen LogP) is 5.15. The van der Waals surface area contributed by atoms with Gasteiger partial charge >= 0.3 is 0 Å². The first-order chi connectivity index (χ1) is 10.7. The summed E-state index contributed by atoms with van der Waals surface area (Å²) in [4.78, 5) is 0. The Kier molecular flexibility index (Phi) is 6.87. The fourth-order valence-corrected chi connectivity index (χ4v) is 2.67. The standard InChI is InChI=1S/C20H22N2/c1-4-6-8-12-17(3)20(15-21,16-22)19(11-5-2)18-13-9-7-10-14-18/h4-5,7-10,12-14,17,19H,1-2,6,11H2,3H3/b12-8+. The van der Waals surface area contributed by atoms with Crippen molar-refractivity contribution >= 4 is 0 Å². The van der Waals surface area contributed by atoms with E-state index in [0.717, 1.165) is 12.0 Å². The summed E-state index contributed by atoms with van der Waals surface area (Å²) in [5, 5.41) is 19.6. The van der Waals surface area contributed by atoms with Crippen LogP contribution in [0.1, 0.15) is 31.2 Å². The molecule has 0 amide bonds. The molecule has 2 heteroatoms. The minimum absolute atomic E-state index is 0.187. The van der Waals surface area contributed by atoms with Gasteiger partial charge in [-0.15, -0.1) is 13.2 Å². The van der Waals surface area contributed by atoms with Crippen LogP contribution in [0.3, 0.4) is 0 Å². The molecule has 0 saturated heterocycles. The predicted molar refractivity (Wildman–Crippen MR) is 90.8 cm³/mol. The van der Waals surface area contributed by atoms with Gasteiger partial charge in [0, 0.05) is 11.8 Å². The summed E-state index contributed by atoms with van der Waals surface area (Å²) in [6.07, 6.45) is 8.78. The van der Waals surface area contributed by atoms with E-state index in [9.17, 15) is 10.5 Å². The van der Waals surface area contributed by atoms with Gasteiger partial charge in [0.2, 0.25) is 0 Å². The molecule has 0 aliphatic rings. The fourth-order valence-electron chi connectivity index (χ4n) is 2.67. The zero-order valence-corrected chi connectivity index (χ0v) is 13.1. The summed E-state index contributed by atoms with van der Waals surface area (Å²) in [6.45, 7) is 9.39. The highest BCUT2D eigenvalue weighted by Gasteiger charge is 2.43. The molecule has 0 fully saturated rings. The number of benzene rings is 1. The molecule has 0 N–H and O–H groups in total. The lowest BCUT2D eigenvalue weighted by Crippen LogP contribution is -2.32. The van der Waals surface area contributed by atoms with Crippen molar-refractivity contribution in [2.24, 2.45) is 11.3 Å². The lowest BCUT2D eigenvalue weighted by Gasteiger charge is -2.32. The van der Waals surface area contributed by atoms with E-state index in [4.69, 9.17) is 0 Å². The van der Waals surface area contributed by atoms with Crippen LogP contribution in [-0.2, 0) is 0 Å². The molecule has 0 aromatic heterocycles. The molecule has 0 bridgehead atoms. The van der Waals surface area contributed by atoms with Gasteiger partial charge in [0.15, 0.2) is 5.41 Å². The van der Waals surface area contributed by atoms with Crippen LogP contribution in [0.5, 0.6) is 0 Å². The van der Waals surface area contributed by atoms with E-state index in [1.165, 1.54) is 0 Å². The number of allylic oxidation sites excluding steroid dienone is 4. The molecule has 1 rings (SSSR count). The fraction of sp³-hybridized carbons (Fsp3) is 0.300. The molecule has 0 radical (unpaired) electrons. The van der Waals surface area contributed by atoms with Crippen LogP contribution in [0.4, 0.5) is 0 Å². The molecule has 2 nitrogen and oxygen atoms in total. The highest BCUT2D eigenvalue weighted by atomic mass is 14.5. The highest BCUT2D eigenvalue weighted by molar-refractivity contribution is 5.33. The van der Waals surface area contributed by atoms with Gasteiger partial charge in [-0.1, -0.05) is 61.6 Å². The molecule has 22 heavy (non-hydrogen) atoms. The summed E-state index contributed by atoms with van der Waals surface area (Å²) >= 11 is 0. The first-order valence-corrected chi connectivity index (χ1v) is 7.42. The Morgan fingerprint density at radius 1 is 1.14 bits per heavy atom. The molecule has 0 saturated carbocycles. The number of nitriles is 2. The average molecular weight is 290 g/mol. The van der Waals surface area contributed by atoms with Crippen LogP contribution in [0, 0.1) is 34.0 Å². The maximum Gasteiger partial charge on any atom is 0.156 e. The first kappa shape index (κ1) is 17.5. The van der Waals surface area contributed by atoms with Crippen molar-refractivity contribution in [1.29, 1.82) is 10.5 Å². The molecular formula is C20H22N2. The van der Waals surface area contributed by atoms with Crippen molar-refractivity contribution in [3.8, 4) is 12.1 Å².